The summed E-state index contributed by atoms with van der Waals surface area (Å²) in [5, 5.41) is 6.94. The number of amides is 2. The quantitative estimate of drug-likeness (QED) is 0.856. The van der Waals surface area contributed by atoms with E-state index in [1.165, 1.54) is 0 Å². The molecule has 0 aliphatic carbocycles. The first-order chi connectivity index (χ1) is 11.3. The SMILES string of the molecule is CNC(=O)C1(C)CN(C(=O)c2cc3nc(C)cc(C)n3n2)CCO1. The summed E-state index contributed by atoms with van der Waals surface area (Å²) >= 11 is 0. The van der Waals surface area contributed by atoms with Gasteiger partial charge in [0.2, 0.25) is 0 Å². The molecule has 3 heterocycles. The monoisotopic (exact) mass is 331 g/mol. The van der Waals surface area contributed by atoms with Crippen LogP contribution in [-0.2, 0) is 9.53 Å². The summed E-state index contributed by atoms with van der Waals surface area (Å²) in [6, 6.07) is 3.58. The van der Waals surface area contributed by atoms with Crippen molar-refractivity contribution >= 4 is 17.5 Å². The molecule has 1 unspecified atom stereocenters. The van der Waals surface area contributed by atoms with Crippen molar-refractivity contribution in [2.24, 2.45) is 0 Å². The Kier molecular flexibility index (Phi) is 4.00. The number of nitrogens with one attached hydrogen (secondary N) is 1. The number of aryl methyl sites for hydroxylation is 2. The fraction of sp³-hybridized carbons (Fsp3) is 0.500. The molecule has 1 atom stereocenters. The Bertz CT molecular complexity index is 815. The molecule has 1 aliphatic rings. The average molecular weight is 331 g/mol. The zero-order valence-electron chi connectivity index (χ0n) is 14.3. The van der Waals surface area contributed by atoms with Gasteiger partial charge in [0, 0.05) is 31.0 Å². The zero-order chi connectivity index (χ0) is 17.5. The summed E-state index contributed by atoms with van der Waals surface area (Å²) in [5.41, 5.74) is 1.69. The number of aromatic nitrogens is 3. The van der Waals surface area contributed by atoms with Crippen LogP contribution in [0.4, 0.5) is 0 Å². The van der Waals surface area contributed by atoms with Gasteiger partial charge in [-0.2, -0.15) is 5.10 Å². The van der Waals surface area contributed by atoms with Gasteiger partial charge < -0.3 is 15.0 Å². The van der Waals surface area contributed by atoms with Gasteiger partial charge in [-0.1, -0.05) is 0 Å². The molecule has 2 amide bonds. The molecule has 2 aromatic heterocycles. The molecule has 8 nitrogen and oxygen atoms in total. The lowest BCUT2D eigenvalue weighted by atomic mass is 10.0. The van der Waals surface area contributed by atoms with Crippen LogP contribution >= 0.6 is 0 Å². The van der Waals surface area contributed by atoms with E-state index in [1.54, 1.807) is 29.5 Å². The van der Waals surface area contributed by atoms with Gasteiger partial charge in [-0.3, -0.25) is 9.59 Å². The molecule has 0 radical (unpaired) electrons. The Balaban J connectivity index is 1.89. The average Bonchev–Trinajstić information content (AvgIpc) is 2.97. The fourth-order valence-electron chi connectivity index (χ4n) is 3.00. The first-order valence-electron chi connectivity index (χ1n) is 7.83. The van der Waals surface area contributed by atoms with Gasteiger partial charge in [-0.15, -0.1) is 0 Å². The Hall–Kier alpha value is -2.48. The van der Waals surface area contributed by atoms with Crippen LogP contribution in [0, 0.1) is 13.8 Å². The normalized spacial score (nSPS) is 21.1. The maximum atomic E-state index is 12.8. The van der Waals surface area contributed by atoms with E-state index >= 15 is 0 Å². The van der Waals surface area contributed by atoms with Crippen molar-refractivity contribution in [1.82, 2.24) is 24.8 Å². The minimum atomic E-state index is -1.05. The predicted octanol–water partition coefficient (Wildman–Crippen LogP) is 0.323. The van der Waals surface area contributed by atoms with Crippen molar-refractivity contribution in [2.45, 2.75) is 26.4 Å². The Morgan fingerprint density at radius 2 is 2.08 bits per heavy atom. The lowest BCUT2D eigenvalue weighted by Gasteiger charge is -2.38. The molecule has 0 bridgehead atoms. The van der Waals surface area contributed by atoms with Crippen molar-refractivity contribution < 1.29 is 14.3 Å². The van der Waals surface area contributed by atoms with Crippen LogP contribution in [0.15, 0.2) is 12.1 Å². The van der Waals surface area contributed by atoms with Crippen molar-refractivity contribution in [3.8, 4) is 0 Å². The van der Waals surface area contributed by atoms with Gasteiger partial charge in [0.15, 0.2) is 16.9 Å². The molecule has 1 fully saturated rings. The van der Waals surface area contributed by atoms with Crippen LogP contribution < -0.4 is 5.32 Å². The molecule has 8 heteroatoms. The highest BCUT2D eigenvalue weighted by Gasteiger charge is 2.40. The number of morpholine rings is 1. The van der Waals surface area contributed by atoms with Crippen LogP contribution in [0.1, 0.15) is 28.8 Å². The topological polar surface area (TPSA) is 88.8 Å². The summed E-state index contributed by atoms with van der Waals surface area (Å²) in [6.45, 7) is 6.41. The molecule has 1 aliphatic heterocycles. The van der Waals surface area contributed by atoms with Crippen LogP contribution in [0.5, 0.6) is 0 Å². The number of carbonyl (C=O) groups excluding carboxylic acids is 2. The molecule has 128 valence electrons. The second-order valence-electron chi connectivity index (χ2n) is 6.22. The summed E-state index contributed by atoms with van der Waals surface area (Å²) in [5.74, 6) is -0.473. The van der Waals surface area contributed by atoms with E-state index in [1.807, 2.05) is 19.9 Å². The molecule has 2 aromatic rings. The first kappa shape index (κ1) is 16.4. The van der Waals surface area contributed by atoms with Gasteiger partial charge >= 0.3 is 0 Å². The number of carbonyl (C=O) groups is 2. The number of fused-ring (bicyclic) bond motifs is 1. The number of likely N-dealkylation sites (N-methyl/N-ethyl adjacent to an activating group) is 1. The molecule has 1 N–H and O–H groups in total. The molecule has 3 rings (SSSR count). The molecular weight excluding hydrogens is 310 g/mol. The molecule has 0 spiro atoms. The van der Waals surface area contributed by atoms with E-state index in [0.717, 1.165) is 11.4 Å². The molecule has 24 heavy (non-hydrogen) atoms. The van der Waals surface area contributed by atoms with E-state index in [2.05, 4.69) is 15.4 Å². The zero-order valence-corrected chi connectivity index (χ0v) is 14.3. The Morgan fingerprint density at radius 3 is 2.79 bits per heavy atom. The Labute approximate surface area is 139 Å². The van der Waals surface area contributed by atoms with E-state index < -0.39 is 5.60 Å². The second kappa shape index (κ2) is 5.86. The molecular formula is C16H21N5O3. The largest absolute Gasteiger partial charge is 0.362 e. The summed E-state index contributed by atoms with van der Waals surface area (Å²) in [7, 11) is 1.55. The number of hydrogen-bond donors (Lipinski definition) is 1. The highest BCUT2D eigenvalue weighted by molar-refractivity contribution is 5.94. The maximum Gasteiger partial charge on any atom is 0.274 e. The van der Waals surface area contributed by atoms with Crippen LogP contribution in [0.25, 0.3) is 5.65 Å². The standard InChI is InChI=1S/C16H21N5O3/c1-10-7-11(2)21-13(18-10)8-12(19-21)14(22)20-5-6-24-16(3,9-20)15(23)17-4/h7-8H,5-6,9H2,1-4H3,(H,17,23). The van der Waals surface area contributed by atoms with Gasteiger partial charge in [0.05, 0.1) is 13.2 Å². The minimum Gasteiger partial charge on any atom is -0.362 e. The van der Waals surface area contributed by atoms with Crippen molar-refractivity contribution in [1.29, 1.82) is 0 Å². The lowest BCUT2D eigenvalue weighted by molar-refractivity contribution is -0.153. The third-order valence-electron chi connectivity index (χ3n) is 4.22. The van der Waals surface area contributed by atoms with Gasteiger partial charge in [-0.25, -0.2) is 9.50 Å². The van der Waals surface area contributed by atoms with E-state index in [0.29, 0.717) is 24.5 Å². The van der Waals surface area contributed by atoms with E-state index in [-0.39, 0.29) is 18.4 Å². The molecule has 0 saturated carbocycles. The number of nitrogens with zero attached hydrogens (tertiary/aromatic N) is 4. The molecule has 0 aromatic carbocycles. The van der Waals surface area contributed by atoms with Crippen LogP contribution in [0.3, 0.4) is 0 Å². The highest BCUT2D eigenvalue weighted by atomic mass is 16.5. The summed E-state index contributed by atoms with van der Waals surface area (Å²) in [4.78, 5) is 30.8. The van der Waals surface area contributed by atoms with Gasteiger partial charge in [0.1, 0.15) is 0 Å². The summed E-state index contributed by atoms with van der Waals surface area (Å²) < 4.78 is 7.24. The van der Waals surface area contributed by atoms with E-state index in [4.69, 9.17) is 4.74 Å². The van der Waals surface area contributed by atoms with Crippen LogP contribution in [0.2, 0.25) is 0 Å². The predicted molar refractivity (Wildman–Crippen MR) is 86.8 cm³/mol. The van der Waals surface area contributed by atoms with Crippen LogP contribution in [-0.4, -0.2) is 63.7 Å². The Morgan fingerprint density at radius 1 is 1.33 bits per heavy atom. The minimum absolute atomic E-state index is 0.185. The van der Waals surface area contributed by atoms with E-state index in [9.17, 15) is 9.59 Å². The van der Waals surface area contributed by atoms with Gasteiger partial charge in [0.25, 0.3) is 11.8 Å². The summed E-state index contributed by atoms with van der Waals surface area (Å²) in [6.07, 6.45) is 0. The van der Waals surface area contributed by atoms with Crippen molar-refractivity contribution in [3.05, 3.63) is 29.2 Å². The van der Waals surface area contributed by atoms with Gasteiger partial charge in [-0.05, 0) is 26.8 Å². The fourth-order valence-corrected chi connectivity index (χ4v) is 3.00. The number of rotatable bonds is 2. The number of hydrogen-bond acceptors (Lipinski definition) is 5. The smallest absolute Gasteiger partial charge is 0.274 e. The lowest BCUT2D eigenvalue weighted by Crippen LogP contribution is -2.58. The third kappa shape index (κ3) is 2.73. The van der Waals surface area contributed by atoms with Crippen molar-refractivity contribution in [2.75, 3.05) is 26.7 Å². The number of ether oxygens (including phenoxy) is 1. The third-order valence-corrected chi connectivity index (χ3v) is 4.22. The molecule has 1 saturated heterocycles. The second-order valence-corrected chi connectivity index (χ2v) is 6.22. The van der Waals surface area contributed by atoms with Crippen molar-refractivity contribution in [3.63, 3.8) is 0 Å². The first-order valence-corrected chi connectivity index (χ1v) is 7.83. The maximum absolute atomic E-state index is 12.8. The highest BCUT2D eigenvalue weighted by Crippen LogP contribution is 2.20.